The molecule has 0 aromatic carbocycles. The smallest absolute Gasteiger partial charge is 0.221 e. The number of furan rings is 1. The van der Waals surface area contributed by atoms with Gasteiger partial charge in [-0.05, 0) is 26.3 Å². The van der Waals surface area contributed by atoms with Gasteiger partial charge in [0.05, 0.1) is 6.10 Å². The monoisotopic (exact) mass is 325 g/mol. The van der Waals surface area contributed by atoms with Crippen LogP contribution >= 0.6 is 15.9 Å². The van der Waals surface area contributed by atoms with E-state index in [1.165, 1.54) is 0 Å². The van der Waals surface area contributed by atoms with E-state index in [0.29, 0.717) is 17.7 Å². The molecule has 1 heterocycles. The van der Waals surface area contributed by atoms with Crippen molar-refractivity contribution in [2.24, 2.45) is 0 Å². The predicted molar refractivity (Wildman–Crippen MR) is 68.5 cm³/mol. The van der Waals surface area contributed by atoms with Crippen LogP contribution in [0.2, 0.25) is 0 Å². The minimum absolute atomic E-state index is 0.139. The molecule has 0 saturated heterocycles. The minimum Gasteiger partial charge on any atom is -0.466 e. The molecule has 98 valence electrons. The van der Waals surface area contributed by atoms with E-state index in [-0.39, 0.29) is 11.2 Å². The number of nitrogens with one attached hydrogen (secondary N) is 1. The number of alkyl halides is 1. The van der Waals surface area contributed by atoms with Gasteiger partial charge in [-0.1, -0.05) is 15.9 Å². The van der Waals surface area contributed by atoms with Gasteiger partial charge in [0.25, 0.3) is 0 Å². The molecule has 0 bridgehead atoms. The van der Waals surface area contributed by atoms with Gasteiger partial charge in [-0.2, -0.15) is 0 Å². The Labute approximate surface area is 109 Å². The van der Waals surface area contributed by atoms with Crippen molar-refractivity contribution < 1.29 is 17.9 Å². The van der Waals surface area contributed by atoms with Crippen LogP contribution in [0.15, 0.2) is 10.5 Å². The van der Waals surface area contributed by atoms with Gasteiger partial charge in [-0.3, -0.25) is 0 Å². The number of aliphatic hydroxyl groups is 1. The Kier molecular flexibility index (Phi) is 5.18. The lowest BCUT2D eigenvalue weighted by Gasteiger charge is -2.09. The maximum absolute atomic E-state index is 11.1. The molecule has 0 aliphatic heterocycles. The summed E-state index contributed by atoms with van der Waals surface area (Å²) in [5.41, 5.74) is 0.709. The molecule has 5 nitrogen and oxygen atoms in total. The number of sulfonamides is 1. The molecule has 7 heteroatoms. The molecule has 1 rings (SSSR count). The fourth-order valence-corrected chi connectivity index (χ4v) is 2.52. The third-order valence-electron chi connectivity index (χ3n) is 2.32. The molecule has 1 atom stereocenters. The summed E-state index contributed by atoms with van der Waals surface area (Å²) in [5, 5.41) is 9.88. The van der Waals surface area contributed by atoms with Gasteiger partial charge < -0.3 is 9.52 Å². The SMILES string of the molecule is Cc1cc(C(O)CCNS(=O)(=O)CBr)c(C)o1. The highest BCUT2D eigenvalue weighted by molar-refractivity contribution is 9.10. The van der Waals surface area contributed by atoms with Gasteiger partial charge in [0.2, 0.25) is 10.0 Å². The molecule has 1 aromatic rings. The van der Waals surface area contributed by atoms with Crippen LogP contribution in [0.5, 0.6) is 0 Å². The van der Waals surface area contributed by atoms with Crippen LogP contribution in [-0.2, 0) is 10.0 Å². The van der Waals surface area contributed by atoms with E-state index in [2.05, 4.69) is 20.7 Å². The number of halogens is 1. The van der Waals surface area contributed by atoms with Gasteiger partial charge in [-0.15, -0.1) is 0 Å². The summed E-state index contributed by atoms with van der Waals surface area (Å²) in [6, 6.07) is 1.76. The summed E-state index contributed by atoms with van der Waals surface area (Å²) < 4.78 is 29.8. The second-order valence-electron chi connectivity index (χ2n) is 3.79. The molecular formula is C10H16BrNO4S. The largest absolute Gasteiger partial charge is 0.466 e. The molecule has 1 aromatic heterocycles. The Morgan fingerprint density at radius 3 is 2.65 bits per heavy atom. The fraction of sp³-hybridized carbons (Fsp3) is 0.600. The maximum Gasteiger partial charge on any atom is 0.221 e. The number of aryl methyl sites for hydroxylation is 2. The zero-order valence-electron chi connectivity index (χ0n) is 9.73. The summed E-state index contributed by atoms with van der Waals surface area (Å²) in [4.78, 5) is 0. The molecule has 1 unspecified atom stereocenters. The molecule has 0 radical (unpaired) electrons. The lowest BCUT2D eigenvalue weighted by molar-refractivity contribution is 0.167. The zero-order valence-corrected chi connectivity index (χ0v) is 12.1. The van der Waals surface area contributed by atoms with Crippen LogP contribution in [0.3, 0.4) is 0 Å². The van der Waals surface area contributed by atoms with Gasteiger partial charge >= 0.3 is 0 Å². The molecule has 0 fully saturated rings. The van der Waals surface area contributed by atoms with Crippen molar-refractivity contribution in [3.05, 3.63) is 23.2 Å². The van der Waals surface area contributed by atoms with Gasteiger partial charge in [0.15, 0.2) is 0 Å². The van der Waals surface area contributed by atoms with Crippen LogP contribution in [0, 0.1) is 13.8 Å². The van der Waals surface area contributed by atoms with E-state index in [1.54, 1.807) is 19.9 Å². The Hall–Kier alpha value is -0.370. The van der Waals surface area contributed by atoms with Crippen LogP contribution in [0.1, 0.15) is 29.6 Å². The average molecular weight is 326 g/mol. The first-order valence-electron chi connectivity index (χ1n) is 5.14. The average Bonchev–Trinajstić information content (AvgIpc) is 2.57. The summed E-state index contributed by atoms with van der Waals surface area (Å²) in [5.74, 6) is 1.40. The Morgan fingerprint density at radius 1 is 1.53 bits per heavy atom. The van der Waals surface area contributed by atoms with Gasteiger partial charge in [0, 0.05) is 12.1 Å². The van der Waals surface area contributed by atoms with Gasteiger partial charge in [0.1, 0.15) is 16.2 Å². The summed E-state index contributed by atoms with van der Waals surface area (Å²) in [6.45, 7) is 3.77. The van der Waals surface area contributed by atoms with Crippen LogP contribution < -0.4 is 4.72 Å². The van der Waals surface area contributed by atoms with E-state index < -0.39 is 16.1 Å². The zero-order chi connectivity index (χ0) is 13.1. The van der Waals surface area contributed by atoms with Crippen molar-refractivity contribution >= 4 is 26.0 Å². The van der Waals surface area contributed by atoms with E-state index in [0.717, 1.165) is 5.76 Å². The second kappa shape index (κ2) is 5.99. The molecule has 2 N–H and O–H groups in total. The standard InChI is InChI=1S/C10H16BrNO4S/c1-7-5-9(8(2)16-7)10(13)3-4-12-17(14,15)6-11/h5,10,12-13H,3-4,6H2,1-2H3. The highest BCUT2D eigenvalue weighted by Crippen LogP contribution is 2.23. The molecular weight excluding hydrogens is 310 g/mol. The minimum atomic E-state index is -3.27. The van der Waals surface area contributed by atoms with Crippen LogP contribution in [0.25, 0.3) is 0 Å². The number of rotatable bonds is 6. The van der Waals surface area contributed by atoms with Crippen LogP contribution in [-0.4, -0.2) is 24.7 Å². The molecule has 0 amide bonds. The first-order chi connectivity index (χ1) is 7.85. The first kappa shape index (κ1) is 14.7. The third kappa shape index (κ3) is 4.42. The quantitative estimate of drug-likeness (QED) is 0.778. The topological polar surface area (TPSA) is 79.5 Å². The number of aliphatic hydroxyl groups excluding tert-OH is 1. The van der Waals surface area contributed by atoms with Crippen molar-refractivity contribution in [3.63, 3.8) is 0 Å². The highest BCUT2D eigenvalue weighted by atomic mass is 79.9. The number of hydrogen-bond donors (Lipinski definition) is 2. The number of hydrogen-bond acceptors (Lipinski definition) is 4. The molecule has 0 aliphatic carbocycles. The molecule has 0 aliphatic rings. The summed E-state index contributed by atoms with van der Waals surface area (Å²) >= 11 is 2.87. The summed E-state index contributed by atoms with van der Waals surface area (Å²) in [6.07, 6.45) is -0.406. The molecule has 0 saturated carbocycles. The van der Waals surface area contributed by atoms with Crippen LogP contribution in [0.4, 0.5) is 0 Å². The van der Waals surface area contributed by atoms with E-state index in [1.807, 2.05) is 0 Å². The lowest BCUT2D eigenvalue weighted by Crippen LogP contribution is -2.26. The summed E-state index contributed by atoms with van der Waals surface area (Å²) in [7, 11) is -3.27. The van der Waals surface area contributed by atoms with E-state index in [4.69, 9.17) is 4.42 Å². The first-order valence-corrected chi connectivity index (χ1v) is 7.91. The fourth-order valence-electron chi connectivity index (χ4n) is 1.53. The van der Waals surface area contributed by atoms with Gasteiger partial charge in [-0.25, -0.2) is 13.1 Å². The van der Waals surface area contributed by atoms with E-state index in [9.17, 15) is 13.5 Å². The third-order valence-corrected chi connectivity index (χ3v) is 5.06. The van der Waals surface area contributed by atoms with Crippen molar-refractivity contribution in [2.75, 3.05) is 11.2 Å². The maximum atomic E-state index is 11.1. The Bertz CT molecular complexity index is 469. The Morgan fingerprint density at radius 2 is 2.18 bits per heavy atom. The van der Waals surface area contributed by atoms with Crippen molar-refractivity contribution in [3.8, 4) is 0 Å². The lowest BCUT2D eigenvalue weighted by atomic mass is 10.1. The van der Waals surface area contributed by atoms with Crippen molar-refractivity contribution in [2.45, 2.75) is 26.4 Å². The molecule has 17 heavy (non-hydrogen) atoms. The van der Waals surface area contributed by atoms with Crippen molar-refractivity contribution in [1.82, 2.24) is 4.72 Å². The Balaban J connectivity index is 2.51. The van der Waals surface area contributed by atoms with Crippen molar-refractivity contribution in [1.29, 1.82) is 0 Å². The highest BCUT2D eigenvalue weighted by Gasteiger charge is 2.15. The van der Waals surface area contributed by atoms with E-state index >= 15 is 0 Å². The predicted octanol–water partition coefficient (Wildman–Crippen LogP) is 1.59. The normalized spacial score (nSPS) is 13.9. The second-order valence-corrected chi connectivity index (χ2v) is 6.90. The molecule has 0 spiro atoms.